The van der Waals surface area contributed by atoms with Gasteiger partial charge < -0.3 is 10.4 Å². The number of aliphatic hydroxyl groups excluding tert-OH is 1. The highest BCUT2D eigenvalue weighted by molar-refractivity contribution is 5.55. The molecule has 0 spiro atoms. The monoisotopic (exact) mass is 245 g/mol. The molecule has 1 heterocycles. The quantitative estimate of drug-likeness (QED) is 0.742. The molecule has 0 aliphatic carbocycles. The minimum atomic E-state index is -0.594. The van der Waals surface area contributed by atoms with E-state index in [0.29, 0.717) is 12.4 Å². The molecule has 0 aliphatic heterocycles. The third kappa shape index (κ3) is 3.15. The van der Waals surface area contributed by atoms with Crippen LogP contribution in [0, 0.1) is 6.92 Å². The summed E-state index contributed by atoms with van der Waals surface area (Å²) in [5.74, 6) is 0.682. The van der Waals surface area contributed by atoms with Gasteiger partial charge in [0.05, 0.1) is 6.10 Å². The summed E-state index contributed by atoms with van der Waals surface area (Å²) in [6.07, 6.45) is 0.964. The number of aliphatic hydroxyl groups is 1. The normalized spacial score (nSPS) is 14.4. The molecule has 3 N–H and O–H groups in total. The van der Waals surface area contributed by atoms with Gasteiger partial charge in [-0.1, -0.05) is 18.2 Å². The summed E-state index contributed by atoms with van der Waals surface area (Å²) in [5, 5.41) is 19.1. The molecule has 0 saturated carbocycles. The van der Waals surface area contributed by atoms with Crippen LogP contribution in [0.1, 0.15) is 18.5 Å². The number of nitrogens with one attached hydrogen (secondary N) is 2. The lowest BCUT2D eigenvalue weighted by molar-refractivity contribution is 0.212. The second kappa shape index (κ2) is 5.75. The zero-order valence-electron chi connectivity index (χ0n) is 10.3. The van der Waals surface area contributed by atoms with Gasteiger partial charge in [-0.2, -0.15) is 5.10 Å². The van der Waals surface area contributed by atoms with Gasteiger partial charge in [0.2, 0.25) is 0 Å². The van der Waals surface area contributed by atoms with E-state index in [-0.39, 0.29) is 6.04 Å². The lowest BCUT2D eigenvalue weighted by Gasteiger charge is -2.15. The van der Waals surface area contributed by atoms with Crippen LogP contribution in [0.3, 0.4) is 0 Å². The Morgan fingerprint density at radius 1 is 1.50 bits per heavy atom. The van der Waals surface area contributed by atoms with Crippen molar-refractivity contribution in [1.29, 1.82) is 0 Å². The fourth-order valence-corrected chi connectivity index (χ4v) is 1.73. The molecular formula is C13H17N4O. The number of benzene rings is 1. The third-order valence-corrected chi connectivity index (χ3v) is 2.72. The Morgan fingerprint density at radius 3 is 3.00 bits per heavy atom. The average Bonchev–Trinajstić information content (AvgIpc) is 2.90. The zero-order chi connectivity index (χ0) is 13.0. The number of rotatable bonds is 5. The number of hydrogen-bond donors (Lipinski definition) is 3. The molecule has 0 aliphatic rings. The molecule has 2 rings (SSSR count). The Balaban J connectivity index is 2.12. The molecule has 5 nitrogen and oxygen atoms in total. The van der Waals surface area contributed by atoms with Crippen molar-refractivity contribution in [1.82, 2.24) is 20.5 Å². The SMILES string of the molecule is [CH2][C@H](O)CNC(C)c1cccc(-c2nc[nH]n2)c1. The molecule has 0 amide bonds. The van der Waals surface area contributed by atoms with Crippen LogP contribution in [0.25, 0.3) is 11.4 Å². The van der Waals surface area contributed by atoms with Gasteiger partial charge in [0.15, 0.2) is 5.82 Å². The number of aromatic nitrogens is 3. The lowest BCUT2D eigenvalue weighted by Crippen LogP contribution is -2.27. The van der Waals surface area contributed by atoms with E-state index >= 15 is 0 Å². The van der Waals surface area contributed by atoms with Gasteiger partial charge in [0.25, 0.3) is 0 Å². The summed E-state index contributed by atoms with van der Waals surface area (Å²) in [6.45, 7) is 6.04. The molecular weight excluding hydrogens is 228 g/mol. The molecule has 1 aromatic heterocycles. The smallest absolute Gasteiger partial charge is 0.180 e. The van der Waals surface area contributed by atoms with Gasteiger partial charge in [-0.05, 0) is 25.5 Å². The van der Waals surface area contributed by atoms with Gasteiger partial charge in [-0.15, -0.1) is 0 Å². The van der Waals surface area contributed by atoms with Crippen molar-refractivity contribution in [3.8, 4) is 11.4 Å². The van der Waals surface area contributed by atoms with Crippen LogP contribution in [-0.2, 0) is 0 Å². The van der Waals surface area contributed by atoms with E-state index in [1.807, 2.05) is 31.2 Å². The van der Waals surface area contributed by atoms with Gasteiger partial charge in [-0.3, -0.25) is 5.10 Å². The summed E-state index contributed by atoms with van der Waals surface area (Å²) in [7, 11) is 0. The Labute approximate surface area is 106 Å². The Hall–Kier alpha value is -1.72. The second-order valence-corrected chi connectivity index (χ2v) is 4.23. The Kier molecular flexibility index (Phi) is 4.07. The van der Waals surface area contributed by atoms with Gasteiger partial charge >= 0.3 is 0 Å². The number of H-pyrrole nitrogens is 1. The molecule has 0 fully saturated rings. The summed E-state index contributed by atoms with van der Waals surface area (Å²) < 4.78 is 0. The maximum Gasteiger partial charge on any atom is 0.180 e. The van der Waals surface area contributed by atoms with E-state index in [1.54, 1.807) is 6.33 Å². The highest BCUT2D eigenvalue weighted by Gasteiger charge is 2.08. The minimum Gasteiger partial charge on any atom is -0.392 e. The van der Waals surface area contributed by atoms with E-state index in [0.717, 1.165) is 11.1 Å². The first kappa shape index (κ1) is 12.7. The standard InChI is InChI=1S/C13H17N4O/c1-9(18)7-14-10(2)11-4-3-5-12(6-11)13-15-8-16-17-13/h3-6,8-10,14,18H,1,7H2,2H3,(H,15,16,17)/t9-,10?/m0/s1. The van der Waals surface area contributed by atoms with Crippen molar-refractivity contribution in [3.63, 3.8) is 0 Å². The molecule has 0 saturated heterocycles. The van der Waals surface area contributed by atoms with Crippen LogP contribution in [0.5, 0.6) is 0 Å². The number of nitrogens with zero attached hydrogens (tertiary/aromatic N) is 2. The van der Waals surface area contributed by atoms with Gasteiger partial charge in [0, 0.05) is 18.2 Å². The predicted molar refractivity (Wildman–Crippen MR) is 69.6 cm³/mol. The van der Waals surface area contributed by atoms with Crippen molar-refractivity contribution in [2.24, 2.45) is 0 Å². The van der Waals surface area contributed by atoms with Crippen LogP contribution >= 0.6 is 0 Å². The Bertz CT molecular complexity index is 481. The summed E-state index contributed by atoms with van der Waals surface area (Å²) in [4.78, 5) is 4.12. The average molecular weight is 245 g/mol. The van der Waals surface area contributed by atoms with Crippen molar-refractivity contribution in [2.45, 2.75) is 19.1 Å². The second-order valence-electron chi connectivity index (χ2n) is 4.23. The predicted octanol–water partition coefficient (Wildman–Crippen LogP) is 1.32. The molecule has 0 bridgehead atoms. The zero-order valence-corrected chi connectivity index (χ0v) is 10.3. The summed E-state index contributed by atoms with van der Waals surface area (Å²) in [6, 6.07) is 8.15. The topological polar surface area (TPSA) is 73.8 Å². The largest absolute Gasteiger partial charge is 0.392 e. The highest BCUT2D eigenvalue weighted by Crippen LogP contribution is 2.19. The molecule has 1 aromatic carbocycles. The summed E-state index contributed by atoms with van der Waals surface area (Å²) >= 11 is 0. The Morgan fingerprint density at radius 2 is 2.33 bits per heavy atom. The van der Waals surface area contributed by atoms with Crippen LogP contribution < -0.4 is 5.32 Å². The fourth-order valence-electron chi connectivity index (χ4n) is 1.73. The minimum absolute atomic E-state index is 0.139. The number of aromatic amines is 1. The molecule has 1 unspecified atom stereocenters. The summed E-state index contributed by atoms with van der Waals surface area (Å²) in [5.41, 5.74) is 2.09. The van der Waals surface area contributed by atoms with Crippen LogP contribution in [-0.4, -0.2) is 32.9 Å². The van der Waals surface area contributed by atoms with Crippen LogP contribution in [0.15, 0.2) is 30.6 Å². The third-order valence-electron chi connectivity index (χ3n) is 2.72. The number of hydrogen-bond acceptors (Lipinski definition) is 4. The maximum absolute atomic E-state index is 9.16. The van der Waals surface area contributed by atoms with E-state index in [9.17, 15) is 0 Å². The van der Waals surface area contributed by atoms with Gasteiger partial charge in [0.1, 0.15) is 6.33 Å². The van der Waals surface area contributed by atoms with Crippen molar-refractivity contribution in [2.75, 3.05) is 6.54 Å². The van der Waals surface area contributed by atoms with Crippen molar-refractivity contribution >= 4 is 0 Å². The molecule has 18 heavy (non-hydrogen) atoms. The van der Waals surface area contributed by atoms with Crippen LogP contribution in [0.4, 0.5) is 0 Å². The fraction of sp³-hybridized carbons (Fsp3) is 0.308. The van der Waals surface area contributed by atoms with Gasteiger partial charge in [-0.25, -0.2) is 4.98 Å². The first-order chi connectivity index (χ1) is 8.66. The molecule has 1 radical (unpaired) electrons. The molecule has 5 heteroatoms. The molecule has 2 atom stereocenters. The maximum atomic E-state index is 9.16. The van der Waals surface area contributed by atoms with E-state index < -0.39 is 6.10 Å². The molecule has 95 valence electrons. The highest BCUT2D eigenvalue weighted by atomic mass is 16.3. The van der Waals surface area contributed by atoms with Crippen molar-refractivity contribution < 1.29 is 5.11 Å². The van der Waals surface area contributed by atoms with E-state index in [1.165, 1.54) is 0 Å². The van der Waals surface area contributed by atoms with Crippen LogP contribution in [0.2, 0.25) is 0 Å². The first-order valence-corrected chi connectivity index (χ1v) is 5.87. The van der Waals surface area contributed by atoms with Crippen molar-refractivity contribution in [3.05, 3.63) is 43.1 Å². The first-order valence-electron chi connectivity index (χ1n) is 5.87. The van der Waals surface area contributed by atoms with E-state index in [4.69, 9.17) is 5.11 Å². The lowest BCUT2D eigenvalue weighted by atomic mass is 10.0. The van der Waals surface area contributed by atoms with E-state index in [2.05, 4.69) is 27.4 Å². The molecule has 2 aromatic rings.